The van der Waals surface area contributed by atoms with Gasteiger partial charge in [0.05, 0.1) is 25.5 Å². The number of rotatable bonds is 10. The number of ether oxygens (including phenoxy) is 2. The second kappa shape index (κ2) is 19.6. The van der Waals surface area contributed by atoms with Crippen LogP contribution in [0.4, 0.5) is 0 Å². The number of hydrogen-bond acceptors (Lipinski definition) is 7. The number of nitrogens with one attached hydrogen (secondary N) is 2. The molecule has 0 aromatic heterocycles. The summed E-state index contributed by atoms with van der Waals surface area (Å²) in [7, 11) is 1.50. The molecule has 40 heavy (non-hydrogen) atoms. The van der Waals surface area contributed by atoms with Gasteiger partial charge in [-0.15, -0.1) is 0 Å². The van der Waals surface area contributed by atoms with Crippen LogP contribution in [0.1, 0.15) is 66.9 Å². The van der Waals surface area contributed by atoms with Crippen LogP contribution in [0.15, 0.2) is 42.5 Å². The van der Waals surface area contributed by atoms with Crippen molar-refractivity contribution in [1.82, 2.24) is 10.6 Å². The predicted molar refractivity (Wildman–Crippen MR) is 158 cm³/mol. The average molecular weight is 561 g/mol. The largest absolute Gasteiger partial charge is 0.466 e. The number of aliphatic hydroxyl groups excluding tert-OH is 1. The zero-order chi connectivity index (χ0) is 30.7. The summed E-state index contributed by atoms with van der Waals surface area (Å²) < 4.78 is 9.86. The second-order valence-corrected chi connectivity index (χ2v) is 10.9. The van der Waals surface area contributed by atoms with Gasteiger partial charge < -0.3 is 25.2 Å². The molecule has 0 aliphatic carbocycles. The number of aliphatic hydroxyl groups is 1. The summed E-state index contributed by atoms with van der Waals surface area (Å²) in [5.74, 6) is -1.16. The van der Waals surface area contributed by atoms with Crippen molar-refractivity contribution in [2.45, 2.75) is 73.3 Å². The van der Waals surface area contributed by atoms with Crippen LogP contribution in [0.3, 0.4) is 0 Å². The van der Waals surface area contributed by atoms with Crippen molar-refractivity contribution in [2.24, 2.45) is 11.8 Å². The summed E-state index contributed by atoms with van der Waals surface area (Å²) in [5, 5.41) is 15.4. The molecule has 2 aromatic carbocycles. The molecule has 0 aliphatic rings. The Morgan fingerprint density at radius 3 is 2.10 bits per heavy atom. The minimum absolute atomic E-state index is 0.0519. The molecule has 224 valence electrons. The number of esters is 2. The number of likely N-dealkylation sites (N-methyl/N-ethyl adjacent to an activating group) is 1. The molecule has 0 spiro atoms. The fourth-order valence-corrected chi connectivity index (χ4v) is 3.17. The molecule has 9 heteroatoms. The molecule has 2 aromatic rings. The molecule has 1 unspecified atom stereocenters. The van der Waals surface area contributed by atoms with E-state index in [9.17, 15) is 19.2 Å². The van der Waals surface area contributed by atoms with E-state index in [0.29, 0.717) is 19.4 Å². The van der Waals surface area contributed by atoms with Crippen molar-refractivity contribution in [3.8, 4) is 0 Å². The molecule has 3 N–H and O–H groups in total. The molecule has 0 saturated carbocycles. The van der Waals surface area contributed by atoms with E-state index in [1.165, 1.54) is 14.0 Å². The molecular formula is C31H48N2O7. The highest BCUT2D eigenvalue weighted by Crippen LogP contribution is 2.21. The lowest BCUT2D eigenvalue weighted by atomic mass is 9.93. The molecule has 0 heterocycles. The van der Waals surface area contributed by atoms with Crippen LogP contribution in [0, 0.1) is 11.8 Å². The third kappa shape index (κ3) is 18.7. The Balaban J connectivity index is 0.00000106. The molecule has 2 amide bonds. The Hall–Kier alpha value is -3.46. The van der Waals surface area contributed by atoms with Crippen molar-refractivity contribution in [3.63, 3.8) is 0 Å². The maximum absolute atomic E-state index is 12.6. The van der Waals surface area contributed by atoms with Crippen molar-refractivity contribution >= 4 is 34.5 Å². The first-order valence-corrected chi connectivity index (χ1v) is 13.6. The van der Waals surface area contributed by atoms with Crippen LogP contribution in [0.5, 0.6) is 0 Å². The van der Waals surface area contributed by atoms with E-state index in [1.54, 1.807) is 20.8 Å². The quantitative estimate of drug-likeness (QED) is 0.293. The Bertz CT molecular complexity index is 1060. The maximum atomic E-state index is 12.6. The highest BCUT2D eigenvalue weighted by Gasteiger charge is 2.26. The Morgan fingerprint density at radius 1 is 0.975 bits per heavy atom. The smallest absolute Gasteiger partial charge is 0.307 e. The van der Waals surface area contributed by atoms with Crippen LogP contribution in [-0.4, -0.2) is 61.3 Å². The fraction of sp³-hybridized carbons (Fsp3) is 0.548. The first-order valence-electron chi connectivity index (χ1n) is 13.6. The summed E-state index contributed by atoms with van der Waals surface area (Å²) in [6.45, 7) is 13.5. The van der Waals surface area contributed by atoms with Gasteiger partial charge in [-0.2, -0.15) is 0 Å². The summed E-state index contributed by atoms with van der Waals surface area (Å²) in [6.07, 6.45) is 0.854. The lowest BCUT2D eigenvalue weighted by Crippen LogP contribution is -2.40. The molecule has 0 fully saturated rings. The minimum Gasteiger partial charge on any atom is -0.466 e. The van der Waals surface area contributed by atoms with Crippen LogP contribution in [0.2, 0.25) is 0 Å². The van der Waals surface area contributed by atoms with E-state index in [1.807, 2.05) is 42.5 Å². The van der Waals surface area contributed by atoms with Gasteiger partial charge in [0.1, 0.15) is 5.60 Å². The molecule has 2 rings (SSSR count). The zero-order valence-electron chi connectivity index (χ0n) is 25.3. The third-order valence-electron chi connectivity index (χ3n) is 4.81. The molecular weight excluding hydrogens is 512 g/mol. The van der Waals surface area contributed by atoms with E-state index in [-0.39, 0.29) is 37.4 Å². The van der Waals surface area contributed by atoms with Gasteiger partial charge in [0.15, 0.2) is 0 Å². The Morgan fingerprint density at radius 2 is 1.57 bits per heavy atom. The number of carbonyl (C=O) groups is 4. The highest BCUT2D eigenvalue weighted by molar-refractivity contribution is 5.88. The van der Waals surface area contributed by atoms with Crippen molar-refractivity contribution in [2.75, 3.05) is 26.8 Å². The number of carbonyl (C=O) groups excluding carboxylic acids is 4. The summed E-state index contributed by atoms with van der Waals surface area (Å²) in [4.78, 5) is 46.4. The number of fused-ring (bicyclic) bond motifs is 1. The van der Waals surface area contributed by atoms with E-state index < -0.39 is 17.5 Å². The van der Waals surface area contributed by atoms with E-state index >= 15 is 0 Å². The van der Waals surface area contributed by atoms with Gasteiger partial charge in [-0.3, -0.25) is 19.2 Å². The van der Waals surface area contributed by atoms with Crippen molar-refractivity contribution < 1.29 is 33.8 Å². The molecule has 0 saturated heterocycles. The normalized spacial score (nSPS) is 11.2. The summed E-state index contributed by atoms with van der Waals surface area (Å²) in [6, 6.07) is 13.9. The summed E-state index contributed by atoms with van der Waals surface area (Å²) in [5.41, 5.74) is 0.325. The van der Waals surface area contributed by atoms with Gasteiger partial charge in [0, 0.05) is 27.0 Å². The highest BCUT2D eigenvalue weighted by atomic mass is 16.6. The van der Waals surface area contributed by atoms with Crippen LogP contribution < -0.4 is 10.6 Å². The average Bonchev–Trinajstić information content (AvgIpc) is 2.85. The van der Waals surface area contributed by atoms with Gasteiger partial charge >= 0.3 is 11.9 Å². The van der Waals surface area contributed by atoms with Gasteiger partial charge in [0.2, 0.25) is 11.8 Å². The molecule has 1 atom stereocenters. The third-order valence-corrected chi connectivity index (χ3v) is 4.81. The van der Waals surface area contributed by atoms with E-state index in [2.05, 4.69) is 36.1 Å². The Kier molecular flexibility index (Phi) is 17.9. The van der Waals surface area contributed by atoms with E-state index in [0.717, 1.165) is 22.3 Å². The SMILES string of the molecule is CC(=O)OCCCO.CC(C)C.CNC(=O)CNC(=O)C(CC(=O)OC(C)(C)C)Cc1ccc2ccccc2c1. The topological polar surface area (TPSA) is 131 Å². The number of benzene rings is 2. The van der Waals surface area contributed by atoms with Crippen LogP contribution >= 0.6 is 0 Å². The number of amides is 2. The maximum Gasteiger partial charge on any atom is 0.307 e. The predicted octanol–water partition coefficient (Wildman–Crippen LogP) is 4.19. The first kappa shape index (κ1) is 36.5. The monoisotopic (exact) mass is 560 g/mol. The Labute approximate surface area is 239 Å². The lowest BCUT2D eigenvalue weighted by molar-refractivity contribution is -0.157. The van der Waals surface area contributed by atoms with Crippen molar-refractivity contribution in [3.05, 3.63) is 48.0 Å². The molecule has 9 nitrogen and oxygen atoms in total. The second-order valence-electron chi connectivity index (χ2n) is 10.9. The van der Waals surface area contributed by atoms with E-state index in [4.69, 9.17) is 9.84 Å². The minimum atomic E-state index is -0.624. The first-order chi connectivity index (χ1) is 18.7. The van der Waals surface area contributed by atoms with Crippen molar-refractivity contribution in [1.29, 1.82) is 0 Å². The lowest BCUT2D eigenvalue weighted by Gasteiger charge is -2.22. The number of hydrogen-bond donors (Lipinski definition) is 3. The summed E-state index contributed by atoms with van der Waals surface area (Å²) >= 11 is 0. The van der Waals surface area contributed by atoms with Gasteiger partial charge in [-0.05, 0) is 49.4 Å². The fourth-order valence-electron chi connectivity index (χ4n) is 3.17. The van der Waals surface area contributed by atoms with Crippen LogP contribution in [-0.2, 0) is 35.1 Å². The standard InChI is InChI=1S/C22H28N2O4.C5H10O3.C4H10/c1-22(2,3)28-20(26)13-18(21(27)24-14-19(25)23-4)12-15-9-10-16-7-5-6-8-17(16)11-15;1-5(7)8-4-2-3-6;1-4(2)3/h5-11,18H,12-14H2,1-4H3,(H,23,25)(H,24,27);6H,2-4H2,1H3;4H,1-3H3. The zero-order valence-corrected chi connectivity index (χ0v) is 25.3. The molecule has 0 aliphatic heterocycles. The van der Waals surface area contributed by atoms with Gasteiger partial charge in [-0.25, -0.2) is 0 Å². The van der Waals surface area contributed by atoms with Gasteiger partial charge in [0.25, 0.3) is 0 Å². The van der Waals surface area contributed by atoms with Gasteiger partial charge in [-0.1, -0.05) is 63.2 Å². The molecule has 0 radical (unpaired) electrons. The van der Waals surface area contributed by atoms with Crippen LogP contribution in [0.25, 0.3) is 10.8 Å². The molecule has 0 bridgehead atoms.